The highest BCUT2D eigenvalue weighted by Crippen LogP contribution is 2.38. The Morgan fingerprint density at radius 1 is 1.25 bits per heavy atom. The largest absolute Gasteiger partial charge is 0.393 e. The van der Waals surface area contributed by atoms with Crippen LogP contribution in [0.25, 0.3) is 0 Å². The zero-order chi connectivity index (χ0) is 11.1. The lowest BCUT2D eigenvalue weighted by Crippen LogP contribution is -2.45. The average molecular weight is 220 g/mol. The molecule has 2 fully saturated rings. The van der Waals surface area contributed by atoms with Gasteiger partial charge in [-0.1, -0.05) is 0 Å². The van der Waals surface area contributed by atoms with Gasteiger partial charge < -0.3 is 15.7 Å². The second-order valence-electron chi connectivity index (χ2n) is 4.72. The average Bonchev–Trinajstić information content (AvgIpc) is 2.51. The fraction of sp³-hybridized carbons (Fsp3) is 0.636. The van der Waals surface area contributed by atoms with Crippen molar-refractivity contribution in [3.63, 3.8) is 0 Å². The molecule has 3 N–H and O–H groups in total. The molecule has 2 atom stereocenters. The minimum atomic E-state index is -0.150. The fourth-order valence-electron chi connectivity index (χ4n) is 3.02. The maximum atomic E-state index is 9.72. The third-order valence-electron chi connectivity index (χ3n) is 3.61. The van der Waals surface area contributed by atoms with Gasteiger partial charge in [-0.25, -0.2) is 4.98 Å². The normalized spacial score (nSPS) is 33.1. The zero-order valence-electron chi connectivity index (χ0n) is 9.08. The number of hydrogen-bond acceptors (Lipinski definition) is 5. The number of nitrogens with zero attached hydrogens (tertiary/aromatic N) is 3. The van der Waals surface area contributed by atoms with Gasteiger partial charge in [0.1, 0.15) is 11.6 Å². The maximum Gasteiger partial charge on any atom is 0.150 e. The summed E-state index contributed by atoms with van der Waals surface area (Å²) in [6, 6.07) is 0.815. The SMILES string of the molecule is Nc1cncc(N2C3CCC2CC(O)C3)n1. The fourth-order valence-corrected chi connectivity index (χ4v) is 3.02. The Morgan fingerprint density at radius 2 is 1.94 bits per heavy atom. The van der Waals surface area contributed by atoms with Gasteiger partial charge in [0.2, 0.25) is 0 Å². The van der Waals surface area contributed by atoms with Crippen LogP contribution in [0.15, 0.2) is 12.4 Å². The van der Waals surface area contributed by atoms with Crippen LogP contribution < -0.4 is 10.6 Å². The van der Waals surface area contributed by atoms with E-state index in [1.54, 1.807) is 12.4 Å². The number of piperidine rings is 1. The van der Waals surface area contributed by atoms with E-state index >= 15 is 0 Å². The monoisotopic (exact) mass is 220 g/mol. The van der Waals surface area contributed by atoms with Crippen molar-refractivity contribution in [3.8, 4) is 0 Å². The van der Waals surface area contributed by atoms with Crippen LogP contribution >= 0.6 is 0 Å². The number of aliphatic hydroxyl groups is 1. The third kappa shape index (κ3) is 1.51. The van der Waals surface area contributed by atoms with Gasteiger partial charge in [0.25, 0.3) is 0 Å². The number of rotatable bonds is 1. The lowest BCUT2D eigenvalue weighted by atomic mass is 10.0. The van der Waals surface area contributed by atoms with E-state index in [1.165, 1.54) is 0 Å². The molecule has 0 aliphatic carbocycles. The third-order valence-corrected chi connectivity index (χ3v) is 3.61. The van der Waals surface area contributed by atoms with Crippen molar-refractivity contribution >= 4 is 11.6 Å². The molecule has 2 saturated heterocycles. The summed E-state index contributed by atoms with van der Waals surface area (Å²) in [4.78, 5) is 10.7. The van der Waals surface area contributed by atoms with Crippen LogP contribution in [-0.2, 0) is 0 Å². The van der Waals surface area contributed by atoms with Crippen molar-refractivity contribution < 1.29 is 5.11 Å². The molecule has 86 valence electrons. The van der Waals surface area contributed by atoms with Crippen LogP contribution in [0, 0.1) is 0 Å². The second-order valence-corrected chi connectivity index (χ2v) is 4.72. The van der Waals surface area contributed by atoms with Crippen LogP contribution in [0.5, 0.6) is 0 Å². The Kier molecular flexibility index (Phi) is 2.21. The summed E-state index contributed by atoms with van der Waals surface area (Å²) < 4.78 is 0. The Bertz CT molecular complexity index is 383. The number of hydrogen-bond donors (Lipinski definition) is 2. The highest BCUT2D eigenvalue weighted by Gasteiger charge is 2.40. The van der Waals surface area contributed by atoms with E-state index in [-0.39, 0.29) is 6.10 Å². The summed E-state index contributed by atoms with van der Waals surface area (Å²) in [5.41, 5.74) is 5.65. The van der Waals surface area contributed by atoms with E-state index in [9.17, 15) is 5.11 Å². The predicted octanol–water partition coefficient (Wildman–Crippen LogP) is 0.551. The molecule has 2 aliphatic heterocycles. The molecular weight excluding hydrogens is 204 g/mol. The molecule has 16 heavy (non-hydrogen) atoms. The first-order valence-corrected chi connectivity index (χ1v) is 5.78. The lowest BCUT2D eigenvalue weighted by Gasteiger charge is -2.37. The quantitative estimate of drug-likeness (QED) is 0.723. The van der Waals surface area contributed by atoms with Crippen molar-refractivity contribution in [3.05, 3.63) is 12.4 Å². The van der Waals surface area contributed by atoms with Crippen LogP contribution in [0.3, 0.4) is 0 Å². The van der Waals surface area contributed by atoms with Crippen molar-refractivity contribution in [2.24, 2.45) is 0 Å². The number of fused-ring (bicyclic) bond motifs is 2. The standard InChI is InChI=1S/C11H16N4O/c12-10-5-13-6-11(14-10)15-7-1-2-8(15)4-9(16)3-7/h5-9,16H,1-4H2,(H2,12,14). The molecule has 3 heterocycles. The van der Waals surface area contributed by atoms with Gasteiger partial charge in [-0.05, 0) is 25.7 Å². The minimum Gasteiger partial charge on any atom is -0.393 e. The smallest absolute Gasteiger partial charge is 0.150 e. The van der Waals surface area contributed by atoms with Gasteiger partial charge in [-0.15, -0.1) is 0 Å². The Hall–Kier alpha value is -1.36. The topological polar surface area (TPSA) is 75.3 Å². The van der Waals surface area contributed by atoms with E-state index in [0.29, 0.717) is 17.9 Å². The van der Waals surface area contributed by atoms with Crippen LogP contribution in [0.4, 0.5) is 11.6 Å². The molecule has 0 radical (unpaired) electrons. The molecular formula is C11H16N4O. The number of nitrogen functional groups attached to an aromatic ring is 1. The summed E-state index contributed by atoms with van der Waals surface area (Å²) in [5.74, 6) is 1.32. The van der Waals surface area contributed by atoms with Gasteiger partial charge in [-0.2, -0.15) is 0 Å². The first-order chi connectivity index (χ1) is 7.74. The molecule has 0 spiro atoms. The molecule has 0 saturated carbocycles. The molecule has 1 aromatic rings. The minimum absolute atomic E-state index is 0.150. The van der Waals surface area contributed by atoms with Gasteiger partial charge in [0, 0.05) is 12.1 Å². The maximum absolute atomic E-state index is 9.72. The summed E-state index contributed by atoms with van der Waals surface area (Å²) >= 11 is 0. The van der Waals surface area contributed by atoms with Gasteiger partial charge in [0.15, 0.2) is 0 Å². The van der Waals surface area contributed by atoms with Crippen molar-refractivity contribution in [1.29, 1.82) is 0 Å². The molecule has 5 heteroatoms. The van der Waals surface area contributed by atoms with E-state index in [2.05, 4.69) is 14.9 Å². The lowest BCUT2D eigenvalue weighted by molar-refractivity contribution is 0.126. The van der Waals surface area contributed by atoms with E-state index in [0.717, 1.165) is 31.5 Å². The highest BCUT2D eigenvalue weighted by atomic mass is 16.3. The van der Waals surface area contributed by atoms with E-state index < -0.39 is 0 Å². The van der Waals surface area contributed by atoms with Crippen molar-refractivity contribution in [1.82, 2.24) is 9.97 Å². The van der Waals surface area contributed by atoms with Crippen molar-refractivity contribution in [2.45, 2.75) is 43.9 Å². The van der Waals surface area contributed by atoms with Gasteiger partial charge in [0.05, 0.1) is 18.5 Å². The highest BCUT2D eigenvalue weighted by molar-refractivity contribution is 5.45. The Labute approximate surface area is 94.3 Å². The number of anilines is 2. The molecule has 1 aromatic heterocycles. The van der Waals surface area contributed by atoms with Crippen molar-refractivity contribution in [2.75, 3.05) is 10.6 Å². The van der Waals surface area contributed by atoms with Crippen LogP contribution in [0.1, 0.15) is 25.7 Å². The van der Waals surface area contributed by atoms with E-state index in [4.69, 9.17) is 5.73 Å². The summed E-state index contributed by atoms with van der Waals surface area (Å²) in [5, 5.41) is 9.72. The zero-order valence-corrected chi connectivity index (χ0v) is 9.08. The first kappa shape index (κ1) is 9.84. The summed E-state index contributed by atoms with van der Waals surface area (Å²) in [6.07, 6.45) is 7.13. The first-order valence-electron chi connectivity index (χ1n) is 5.78. The molecule has 0 amide bonds. The predicted molar refractivity (Wildman–Crippen MR) is 61.0 cm³/mol. The number of aromatic nitrogens is 2. The van der Waals surface area contributed by atoms with Crippen LogP contribution in [-0.4, -0.2) is 33.3 Å². The van der Waals surface area contributed by atoms with Gasteiger partial charge >= 0.3 is 0 Å². The summed E-state index contributed by atoms with van der Waals surface area (Å²) in [7, 11) is 0. The molecule has 0 aromatic carbocycles. The summed E-state index contributed by atoms with van der Waals surface area (Å²) in [6.45, 7) is 0. The van der Waals surface area contributed by atoms with Gasteiger partial charge in [-0.3, -0.25) is 4.98 Å². The molecule has 5 nitrogen and oxygen atoms in total. The molecule has 3 rings (SSSR count). The van der Waals surface area contributed by atoms with E-state index in [1.807, 2.05) is 0 Å². The second kappa shape index (κ2) is 3.59. The Morgan fingerprint density at radius 3 is 2.56 bits per heavy atom. The van der Waals surface area contributed by atoms with Crippen LogP contribution in [0.2, 0.25) is 0 Å². The Balaban J connectivity index is 1.91. The number of nitrogens with two attached hydrogens (primary N) is 1. The molecule has 2 bridgehead atoms. The number of aliphatic hydroxyl groups excluding tert-OH is 1. The molecule has 2 unspecified atom stereocenters. The molecule has 2 aliphatic rings.